The van der Waals surface area contributed by atoms with Crippen LogP contribution in [0, 0.1) is 0 Å². The Morgan fingerprint density at radius 1 is 0.469 bits per heavy atom. The van der Waals surface area contributed by atoms with Crippen LogP contribution in [0.2, 0.25) is 0 Å². The molecule has 7 aromatic carbocycles. The standard InChI is InChI=1S/C46H30N2O/c1-30-26-41(47-46(35-15-6-3-7-16-35)48-45(30)34-23-20-33(21-24-34)31-12-4-2-5-13-31)40-28-38(37-25-22-32-14-8-9-17-36(32)27-37)29-43-44(40)39-18-10-11-19-42(39)49-43/h2-25,27-29H,1H3. The molecule has 0 aliphatic carbocycles. The first-order chi connectivity index (χ1) is 24.2. The lowest BCUT2D eigenvalue weighted by Crippen LogP contribution is -2.07. The molecule has 0 fully saturated rings. The van der Waals surface area contributed by atoms with Gasteiger partial charge in [-0.15, -0.1) is 0 Å². The summed E-state index contributed by atoms with van der Waals surface area (Å²) in [6, 6.07) is 56.8. The van der Waals surface area contributed by atoms with Crippen LogP contribution in [0.1, 0.15) is 23.6 Å². The molecule has 0 saturated carbocycles. The van der Waals surface area contributed by atoms with Gasteiger partial charge in [-0.3, -0.25) is 0 Å². The van der Waals surface area contributed by atoms with Gasteiger partial charge in [0.25, 0.3) is 0 Å². The van der Waals surface area contributed by atoms with Crippen LogP contribution in [0.5, 0.6) is 0 Å². The zero-order valence-electron chi connectivity index (χ0n) is 26.9. The highest BCUT2D eigenvalue weighted by Gasteiger charge is 2.20. The third kappa shape index (κ3) is 5.29. The summed E-state index contributed by atoms with van der Waals surface area (Å²) in [5.41, 5.74) is 15.3. The smallest absolute Gasteiger partial charge is 0.161 e. The Hall–Kier alpha value is -6.54. The Labute approximate surface area is 284 Å². The maximum absolute atomic E-state index is 6.52. The highest BCUT2D eigenvalue weighted by molar-refractivity contribution is 6.22. The summed E-state index contributed by atoms with van der Waals surface area (Å²) in [4.78, 5) is 10.5. The van der Waals surface area contributed by atoms with E-state index in [-0.39, 0.29) is 0 Å². The SMILES string of the molecule is CC1=C=C(c2cc(-c3ccc4ccccc4c3)cc3oc4ccccc4c23)N=C(c2ccccc2)N=C1c1ccc(-c2ccccc2)cc1. The monoisotopic (exact) mass is 626 g/mol. The number of amidine groups is 1. The second-order valence-electron chi connectivity index (χ2n) is 12.4. The van der Waals surface area contributed by atoms with Crippen molar-refractivity contribution in [3.8, 4) is 22.3 Å². The molecule has 0 N–H and O–H groups in total. The van der Waals surface area contributed by atoms with Gasteiger partial charge in [0.15, 0.2) is 5.84 Å². The van der Waals surface area contributed by atoms with Crippen molar-refractivity contribution in [3.63, 3.8) is 0 Å². The molecule has 230 valence electrons. The van der Waals surface area contributed by atoms with Crippen molar-refractivity contribution in [2.24, 2.45) is 9.98 Å². The van der Waals surface area contributed by atoms with E-state index in [4.69, 9.17) is 14.4 Å². The van der Waals surface area contributed by atoms with Gasteiger partial charge in [-0.2, -0.15) is 0 Å². The molecule has 9 rings (SSSR count). The van der Waals surface area contributed by atoms with E-state index < -0.39 is 0 Å². The zero-order valence-corrected chi connectivity index (χ0v) is 26.9. The largest absolute Gasteiger partial charge is 0.456 e. The van der Waals surface area contributed by atoms with Crippen molar-refractivity contribution >= 4 is 50.0 Å². The predicted molar refractivity (Wildman–Crippen MR) is 204 cm³/mol. The quantitative estimate of drug-likeness (QED) is 0.175. The van der Waals surface area contributed by atoms with Crippen LogP contribution < -0.4 is 0 Å². The minimum Gasteiger partial charge on any atom is -0.456 e. The average Bonchev–Trinajstić information content (AvgIpc) is 3.45. The molecule has 0 unspecified atom stereocenters. The second kappa shape index (κ2) is 11.9. The first-order valence-electron chi connectivity index (χ1n) is 16.5. The van der Waals surface area contributed by atoms with Gasteiger partial charge in [-0.1, -0.05) is 145 Å². The van der Waals surface area contributed by atoms with Crippen LogP contribution in [0.3, 0.4) is 0 Å². The highest BCUT2D eigenvalue weighted by atomic mass is 16.3. The number of hydrogen-bond donors (Lipinski definition) is 0. The fourth-order valence-electron chi connectivity index (χ4n) is 6.74. The molecule has 2 heterocycles. The van der Waals surface area contributed by atoms with E-state index >= 15 is 0 Å². The highest BCUT2D eigenvalue weighted by Crippen LogP contribution is 2.39. The number of aliphatic imine (C=N–C) groups is 2. The zero-order chi connectivity index (χ0) is 32.7. The molecular weight excluding hydrogens is 597 g/mol. The normalized spacial score (nSPS) is 13.2. The van der Waals surface area contributed by atoms with Crippen molar-refractivity contribution in [1.29, 1.82) is 0 Å². The summed E-state index contributed by atoms with van der Waals surface area (Å²) in [5, 5.41) is 4.46. The molecular formula is C46H30N2O. The van der Waals surface area contributed by atoms with Gasteiger partial charge < -0.3 is 4.42 Å². The van der Waals surface area contributed by atoms with Crippen LogP contribution in [0.25, 0.3) is 60.7 Å². The van der Waals surface area contributed by atoms with Gasteiger partial charge in [0.2, 0.25) is 0 Å². The van der Waals surface area contributed by atoms with Crippen LogP contribution in [0.4, 0.5) is 0 Å². The summed E-state index contributed by atoms with van der Waals surface area (Å²) in [5.74, 6) is 0.638. The van der Waals surface area contributed by atoms with E-state index in [2.05, 4.69) is 140 Å². The van der Waals surface area contributed by atoms with Gasteiger partial charge in [-0.05, 0) is 64.2 Å². The maximum Gasteiger partial charge on any atom is 0.161 e. The molecule has 0 spiro atoms. The Kier molecular flexibility index (Phi) is 6.97. The number of hydrogen-bond acceptors (Lipinski definition) is 3. The van der Waals surface area contributed by atoms with E-state index in [9.17, 15) is 0 Å². The Morgan fingerprint density at radius 3 is 1.90 bits per heavy atom. The topological polar surface area (TPSA) is 37.9 Å². The maximum atomic E-state index is 6.52. The Bertz CT molecular complexity index is 2670. The van der Waals surface area contributed by atoms with Crippen molar-refractivity contribution in [2.45, 2.75) is 6.92 Å². The third-order valence-electron chi connectivity index (χ3n) is 9.21. The number of nitrogens with zero attached hydrogens (tertiary/aromatic N) is 2. The second-order valence-corrected chi connectivity index (χ2v) is 12.4. The van der Waals surface area contributed by atoms with Crippen molar-refractivity contribution in [1.82, 2.24) is 0 Å². The Balaban J connectivity index is 1.28. The summed E-state index contributed by atoms with van der Waals surface area (Å²) in [7, 11) is 0. The minimum atomic E-state index is 0.638. The number of para-hydroxylation sites is 1. The minimum absolute atomic E-state index is 0.638. The number of allylic oxidation sites excluding steroid dienone is 1. The molecule has 3 heteroatoms. The molecule has 0 radical (unpaired) electrons. The predicted octanol–water partition coefficient (Wildman–Crippen LogP) is 11.9. The number of benzene rings is 7. The van der Waals surface area contributed by atoms with E-state index in [0.29, 0.717) is 5.84 Å². The van der Waals surface area contributed by atoms with Crippen LogP contribution >= 0.6 is 0 Å². The lowest BCUT2D eigenvalue weighted by Gasteiger charge is -2.10. The molecule has 0 amide bonds. The van der Waals surface area contributed by atoms with Gasteiger partial charge in [0.1, 0.15) is 16.9 Å². The first kappa shape index (κ1) is 28.7. The molecule has 8 aromatic rings. The summed E-state index contributed by atoms with van der Waals surface area (Å²) < 4.78 is 6.52. The molecule has 1 aliphatic heterocycles. The molecule has 0 bridgehead atoms. The molecule has 1 aromatic heterocycles. The summed E-state index contributed by atoms with van der Waals surface area (Å²) >= 11 is 0. The Morgan fingerprint density at radius 2 is 1.10 bits per heavy atom. The first-order valence-corrected chi connectivity index (χ1v) is 16.5. The number of fused-ring (bicyclic) bond motifs is 4. The lowest BCUT2D eigenvalue weighted by atomic mass is 9.95. The van der Waals surface area contributed by atoms with Crippen LogP contribution in [-0.4, -0.2) is 11.5 Å². The van der Waals surface area contributed by atoms with Gasteiger partial charge in [0, 0.05) is 33.0 Å². The van der Waals surface area contributed by atoms with Gasteiger partial charge in [-0.25, -0.2) is 9.98 Å². The van der Waals surface area contributed by atoms with E-state index in [1.807, 2.05) is 36.4 Å². The average molecular weight is 627 g/mol. The van der Waals surface area contributed by atoms with Gasteiger partial charge in [0.05, 0.1) is 5.71 Å². The fraction of sp³-hybridized carbons (Fsp3) is 0.0217. The molecule has 3 nitrogen and oxygen atoms in total. The van der Waals surface area contributed by atoms with E-state index in [1.165, 1.54) is 16.3 Å². The van der Waals surface area contributed by atoms with Crippen LogP contribution in [0.15, 0.2) is 189 Å². The van der Waals surface area contributed by atoms with E-state index in [0.717, 1.165) is 72.3 Å². The summed E-state index contributed by atoms with van der Waals surface area (Å²) in [6.45, 7) is 2.07. The molecule has 49 heavy (non-hydrogen) atoms. The van der Waals surface area contributed by atoms with Crippen molar-refractivity contribution < 1.29 is 4.42 Å². The number of furan rings is 1. The van der Waals surface area contributed by atoms with Crippen LogP contribution in [-0.2, 0) is 0 Å². The molecule has 0 atom stereocenters. The van der Waals surface area contributed by atoms with Gasteiger partial charge >= 0.3 is 0 Å². The molecule has 0 saturated heterocycles. The summed E-state index contributed by atoms with van der Waals surface area (Å²) in [6.07, 6.45) is 0. The molecule has 1 aliphatic rings. The fourth-order valence-corrected chi connectivity index (χ4v) is 6.74. The van der Waals surface area contributed by atoms with Crippen molar-refractivity contribution in [3.05, 3.63) is 192 Å². The third-order valence-corrected chi connectivity index (χ3v) is 9.21. The van der Waals surface area contributed by atoms with E-state index in [1.54, 1.807) is 0 Å². The number of rotatable bonds is 5. The lowest BCUT2D eigenvalue weighted by molar-refractivity contribution is 0.669. The van der Waals surface area contributed by atoms with Crippen molar-refractivity contribution in [2.75, 3.05) is 0 Å².